The van der Waals surface area contributed by atoms with Crippen molar-refractivity contribution in [1.82, 2.24) is 21.3 Å². The van der Waals surface area contributed by atoms with Gasteiger partial charge in [0.1, 0.15) is 12.1 Å². The average molecular weight is 1080 g/mol. The smallest absolute Gasteiger partial charge is 0.245 e. The molecule has 0 heterocycles. The molecule has 1 rings (SSSR count). The number of hydrogen-bond acceptors (Lipinski definition) is 12. The van der Waals surface area contributed by atoms with Gasteiger partial charge in [0.15, 0.2) is 29.3 Å². The molecule has 0 spiro atoms. The zero-order valence-corrected chi connectivity index (χ0v) is 47.0. The van der Waals surface area contributed by atoms with E-state index in [0.717, 1.165) is 38.5 Å². The van der Waals surface area contributed by atoms with E-state index in [0.29, 0.717) is 31.4 Å². The number of aliphatic imine (C=N–C) groups is 2. The third-order valence-corrected chi connectivity index (χ3v) is 13.5. The van der Waals surface area contributed by atoms with Gasteiger partial charge in [-0.05, 0) is 88.5 Å². The van der Waals surface area contributed by atoms with Gasteiger partial charge in [-0.3, -0.25) is 43.5 Å². The first-order valence-electron chi connectivity index (χ1n) is 28.2. The van der Waals surface area contributed by atoms with Gasteiger partial charge >= 0.3 is 0 Å². The van der Waals surface area contributed by atoms with Gasteiger partial charge in [-0.1, -0.05) is 122 Å². The minimum absolute atomic E-state index is 0.000330. The van der Waals surface area contributed by atoms with Crippen LogP contribution >= 0.6 is 0 Å². The van der Waals surface area contributed by atoms with E-state index in [1.165, 1.54) is 45.4 Å². The van der Waals surface area contributed by atoms with Crippen molar-refractivity contribution in [2.24, 2.45) is 56.6 Å². The van der Waals surface area contributed by atoms with Gasteiger partial charge in [-0.2, -0.15) is 0 Å². The molecule has 0 aliphatic carbocycles. The molecule has 0 radical (unpaired) electrons. The maximum Gasteiger partial charge on any atom is 0.245 e. The van der Waals surface area contributed by atoms with Crippen LogP contribution in [0.25, 0.3) is 0 Å². The maximum atomic E-state index is 14.4. The molecule has 0 unspecified atom stereocenters. The van der Waals surface area contributed by atoms with Crippen LogP contribution in [0.2, 0.25) is 0 Å². The van der Waals surface area contributed by atoms with Gasteiger partial charge in [0.05, 0.1) is 37.3 Å². The molecule has 0 fully saturated rings. The fraction of sp³-hybridized carbons (Fsp3) is 0.702. The first kappa shape index (κ1) is 69.3. The van der Waals surface area contributed by atoms with E-state index in [-0.39, 0.29) is 62.9 Å². The Balaban J connectivity index is 3.11. The second kappa shape index (κ2) is 41.4. The lowest BCUT2D eigenvalue weighted by atomic mass is 9.87. The number of nitrogens with one attached hydrogen (secondary N) is 4. The van der Waals surface area contributed by atoms with E-state index in [9.17, 15) is 48.9 Å². The fourth-order valence-electron chi connectivity index (χ4n) is 8.88. The maximum absolute atomic E-state index is 14.4. The molecule has 436 valence electrons. The van der Waals surface area contributed by atoms with Gasteiger partial charge < -0.3 is 59.5 Å². The average Bonchev–Trinajstić information content (AvgIpc) is 3.38. The molecule has 0 saturated carbocycles. The summed E-state index contributed by atoms with van der Waals surface area (Å²) in [7, 11) is 0. The van der Waals surface area contributed by atoms with Crippen molar-refractivity contribution in [1.29, 1.82) is 0 Å². The number of Topliss-reactive ketones (excluding diaryl/α,β-unsaturated/α-hetero) is 3. The van der Waals surface area contributed by atoms with Crippen molar-refractivity contribution < 1.29 is 48.9 Å². The summed E-state index contributed by atoms with van der Waals surface area (Å²) < 4.78 is 0. The number of hydrogen-bond donors (Lipinski definition) is 11. The number of guanidine groups is 2. The van der Waals surface area contributed by atoms with Crippen molar-refractivity contribution in [3.05, 3.63) is 48.0 Å². The Kier molecular flexibility index (Phi) is 37.2. The Bertz CT molecular complexity index is 1970. The number of amides is 4. The normalized spacial score (nSPS) is 14.5. The summed E-state index contributed by atoms with van der Waals surface area (Å²) >= 11 is 0. The van der Waals surface area contributed by atoms with Crippen LogP contribution in [0.15, 0.2) is 52.5 Å². The zero-order chi connectivity index (χ0) is 57.5. The summed E-state index contributed by atoms with van der Waals surface area (Å²) in [6.45, 7) is 7.81. The van der Waals surface area contributed by atoms with Crippen LogP contribution in [0.5, 0.6) is 0 Å². The van der Waals surface area contributed by atoms with Gasteiger partial charge in [0.25, 0.3) is 0 Å². The summed E-state index contributed by atoms with van der Waals surface area (Å²) in [4.78, 5) is 104. The Hall–Kier alpha value is -5.73. The molecule has 20 heteroatoms. The second-order valence-corrected chi connectivity index (χ2v) is 20.9. The van der Waals surface area contributed by atoms with E-state index in [2.05, 4.69) is 50.3 Å². The van der Waals surface area contributed by atoms with Crippen LogP contribution in [-0.2, 0) is 40.0 Å². The van der Waals surface area contributed by atoms with Gasteiger partial charge in [0.2, 0.25) is 23.6 Å². The van der Waals surface area contributed by atoms with Gasteiger partial charge in [0, 0.05) is 44.7 Å². The van der Waals surface area contributed by atoms with Crippen molar-refractivity contribution >= 4 is 52.9 Å². The molecule has 4 amide bonds. The zero-order valence-electron chi connectivity index (χ0n) is 47.0. The molecule has 1 aromatic rings. The number of carbonyl (C=O) groups is 7. The molecule has 77 heavy (non-hydrogen) atoms. The van der Waals surface area contributed by atoms with Crippen LogP contribution < -0.4 is 44.2 Å². The monoisotopic (exact) mass is 1080 g/mol. The van der Waals surface area contributed by atoms with Crippen LogP contribution in [0, 0.1) is 23.7 Å². The number of aliphatic hydroxyl groups is 3. The van der Waals surface area contributed by atoms with Crippen molar-refractivity contribution in [2.45, 2.75) is 206 Å². The minimum Gasteiger partial charge on any atom is -0.396 e. The standard InChI is InChI=1S/C57H98N10O10/c1-6-7-8-9-10-11-12-13-14-15-16-17-18-19-23-30-50(74)66-52(41(5)70)55(77)67-51(39(2)3)49(73)35-43(34-42-27-21-20-22-28-42)53(75)64-45(29-25-32-63-57(60)61)48(72)36-44(37-68)54(76)65-46(38-69)47(71)33-40(4)26-24-31-62-56(58)59/h13-14,20-22,27-28,39-41,43-46,51-52,68-70H,6-12,15-19,23-26,29-38H2,1-5H3,(H,64,75)(H,65,76)(H,66,74)(H,67,77)(H4,58,59,62)(H4,60,61,63)/b14-13-/t40-,41-,43-,44+,45+,46+,51+,52+/m1/s1. The van der Waals surface area contributed by atoms with Crippen LogP contribution in [0.3, 0.4) is 0 Å². The fourth-order valence-corrected chi connectivity index (χ4v) is 8.88. The predicted molar refractivity (Wildman–Crippen MR) is 303 cm³/mol. The van der Waals surface area contributed by atoms with Crippen molar-refractivity contribution in [2.75, 3.05) is 26.3 Å². The van der Waals surface area contributed by atoms with E-state index in [1.807, 2.05) is 6.92 Å². The van der Waals surface area contributed by atoms with Crippen molar-refractivity contribution in [3.63, 3.8) is 0 Å². The van der Waals surface area contributed by atoms with Crippen LogP contribution in [0.4, 0.5) is 0 Å². The Morgan fingerprint density at radius 1 is 0.558 bits per heavy atom. The Morgan fingerprint density at radius 2 is 1.08 bits per heavy atom. The molecule has 20 nitrogen and oxygen atoms in total. The van der Waals surface area contributed by atoms with Crippen LogP contribution in [-0.4, -0.2) is 125 Å². The first-order valence-corrected chi connectivity index (χ1v) is 28.2. The number of carbonyl (C=O) groups excluding carboxylic acids is 7. The molecular weight excluding hydrogens is 985 g/mol. The summed E-state index contributed by atoms with van der Waals surface area (Å²) in [5, 5.41) is 41.6. The quantitative estimate of drug-likeness (QED) is 0.0190. The minimum atomic E-state index is -1.36. The highest BCUT2D eigenvalue weighted by Gasteiger charge is 2.35. The summed E-state index contributed by atoms with van der Waals surface area (Å²) in [6, 6.07) is 3.86. The highest BCUT2D eigenvalue weighted by molar-refractivity contribution is 5.97. The highest BCUT2D eigenvalue weighted by Crippen LogP contribution is 2.20. The summed E-state index contributed by atoms with van der Waals surface area (Å²) in [6.07, 6.45) is 18.4. The lowest BCUT2D eigenvalue weighted by Gasteiger charge is -2.28. The molecule has 8 atom stereocenters. The lowest BCUT2D eigenvalue weighted by molar-refractivity contribution is -0.137. The van der Waals surface area contributed by atoms with Crippen molar-refractivity contribution in [3.8, 4) is 0 Å². The second-order valence-electron chi connectivity index (χ2n) is 20.9. The van der Waals surface area contributed by atoms with E-state index in [4.69, 9.17) is 22.9 Å². The van der Waals surface area contributed by atoms with Gasteiger partial charge in [-0.15, -0.1) is 0 Å². The molecule has 1 aromatic carbocycles. The van der Waals surface area contributed by atoms with Crippen LogP contribution in [0.1, 0.15) is 175 Å². The Morgan fingerprint density at radius 3 is 1.62 bits per heavy atom. The SMILES string of the molecule is CCCCCCCC/C=C\CCCCCCCC(=O)N[C@H](C(=O)N[C@H](C(=O)C[C@@H](Cc1ccccc1)C(=O)N[C@@H](CCCN=C(N)N)C(=O)C[C@@H](CO)C(=O)N[C@@H](CO)C(=O)C[C@H](C)CCCN=C(N)N)C(C)C)[C@@H](C)O. The molecule has 0 saturated heterocycles. The first-order chi connectivity index (χ1) is 36.7. The number of benzene rings is 1. The van der Waals surface area contributed by atoms with E-state index < -0.39 is 109 Å². The Labute approximate surface area is 458 Å². The third-order valence-electron chi connectivity index (χ3n) is 13.5. The molecule has 0 aliphatic heterocycles. The number of aliphatic hydroxyl groups excluding tert-OH is 3. The summed E-state index contributed by atoms with van der Waals surface area (Å²) in [5.41, 5.74) is 22.5. The number of nitrogens with zero attached hydrogens (tertiary/aromatic N) is 2. The molecule has 15 N–H and O–H groups in total. The van der Waals surface area contributed by atoms with E-state index >= 15 is 0 Å². The molecule has 0 aromatic heterocycles. The topological polar surface area (TPSA) is 357 Å². The molecule has 0 bridgehead atoms. The number of allylic oxidation sites excluding steroid dienone is 2. The molecular formula is C57H98N10O10. The predicted octanol–water partition coefficient (Wildman–Crippen LogP) is 4.08. The summed E-state index contributed by atoms with van der Waals surface area (Å²) in [5.74, 6) is -7.57. The van der Waals surface area contributed by atoms with Gasteiger partial charge in [-0.25, -0.2) is 0 Å². The molecule has 0 aliphatic rings. The number of nitrogens with two attached hydrogens (primary N) is 4. The largest absolute Gasteiger partial charge is 0.396 e. The number of rotatable bonds is 45. The van der Waals surface area contributed by atoms with E-state index in [1.54, 1.807) is 44.2 Å². The highest BCUT2D eigenvalue weighted by atomic mass is 16.3. The number of unbranched alkanes of at least 4 members (excludes halogenated alkanes) is 11. The lowest BCUT2D eigenvalue weighted by Crippen LogP contribution is -2.57. The number of ketones is 3. The third kappa shape index (κ3) is 31.9.